The molecule has 0 aliphatic rings. The van der Waals surface area contributed by atoms with Crippen molar-refractivity contribution in [2.45, 2.75) is 13.5 Å². The molecule has 1 amide bonds. The molecule has 3 aromatic rings. The number of hydrogen-bond acceptors (Lipinski definition) is 3. The summed E-state index contributed by atoms with van der Waals surface area (Å²) in [6, 6.07) is 12.9. The van der Waals surface area contributed by atoms with E-state index in [2.05, 4.69) is 26.2 Å². The predicted molar refractivity (Wildman–Crippen MR) is 91.5 cm³/mol. The van der Waals surface area contributed by atoms with Gasteiger partial charge in [-0.1, -0.05) is 40.2 Å². The van der Waals surface area contributed by atoms with E-state index in [1.54, 1.807) is 31.3 Å². The highest BCUT2D eigenvalue weighted by atomic mass is 79.9. The molecule has 0 aliphatic heterocycles. The van der Waals surface area contributed by atoms with Crippen LogP contribution in [0.25, 0.3) is 5.65 Å². The van der Waals surface area contributed by atoms with Gasteiger partial charge in [0, 0.05) is 17.2 Å². The molecule has 0 saturated heterocycles. The highest BCUT2D eigenvalue weighted by molar-refractivity contribution is 9.10. The van der Waals surface area contributed by atoms with Crippen LogP contribution in [0, 0.1) is 6.92 Å². The van der Waals surface area contributed by atoms with Gasteiger partial charge in [0.15, 0.2) is 0 Å². The summed E-state index contributed by atoms with van der Waals surface area (Å²) < 4.78 is 2.28. The summed E-state index contributed by atoms with van der Waals surface area (Å²) in [5.41, 5.74) is 1.59. The monoisotopic (exact) mass is 371 g/mol. The molecule has 0 unspecified atom stereocenters. The number of fused-ring (bicyclic) bond motifs is 1. The molecule has 116 valence electrons. The molecule has 3 rings (SSSR count). The molecule has 0 radical (unpaired) electrons. The molecular formula is C17H14BrN3O2. The van der Waals surface area contributed by atoms with E-state index >= 15 is 0 Å². The van der Waals surface area contributed by atoms with Crippen LogP contribution >= 0.6 is 15.9 Å². The Bertz CT molecular complexity index is 950. The maximum Gasteiger partial charge on any atom is 0.270 e. The van der Waals surface area contributed by atoms with Crippen LogP contribution in [0.4, 0.5) is 0 Å². The molecule has 0 atom stereocenters. The Morgan fingerprint density at radius 2 is 1.96 bits per heavy atom. The highest BCUT2D eigenvalue weighted by Gasteiger charge is 2.17. The second kappa shape index (κ2) is 6.34. The van der Waals surface area contributed by atoms with Gasteiger partial charge in [-0.05, 0) is 30.7 Å². The van der Waals surface area contributed by atoms with Crippen molar-refractivity contribution in [1.82, 2.24) is 14.7 Å². The summed E-state index contributed by atoms with van der Waals surface area (Å²) in [6.45, 7) is 2.00. The molecule has 1 aromatic carbocycles. The molecule has 5 nitrogen and oxygen atoms in total. The fourth-order valence-corrected chi connectivity index (χ4v) is 2.79. The average Bonchev–Trinajstić information content (AvgIpc) is 2.54. The Hall–Kier alpha value is -2.47. The van der Waals surface area contributed by atoms with Crippen LogP contribution < -0.4 is 10.9 Å². The number of pyridine rings is 1. The van der Waals surface area contributed by atoms with Crippen molar-refractivity contribution in [3.05, 3.63) is 80.3 Å². The van der Waals surface area contributed by atoms with Crippen LogP contribution in [0.2, 0.25) is 0 Å². The van der Waals surface area contributed by atoms with E-state index in [-0.39, 0.29) is 11.1 Å². The first kappa shape index (κ1) is 15.4. The van der Waals surface area contributed by atoms with Crippen molar-refractivity contribution in [3.8, 4) is 0 Å². The van der Waals surface area contributed by atoms with Gasteiger partial charge in [0.1, 0.15) is 11.2 Å². The minimum Gasteiger partial charge on any atom is -0.348 e. The largest absolute Gasteiger partial charge is 0.348 e. The Kier molecular flexibility index (Phi) is 4.25. The SMILES string of the molecule is Cc1nc2ccccn2c(=O)c1C(=O)NCc1ccccc1Br. The van der Waals surface area contributed by atoms with Crippen molar-refractivity contribution in [2.24, 2.45) is 0 Å². The number of carbonyl (C=O) groups excluding carboxylic acids is 1. The van der Waals surface area contributed by atoms with E-state index in [1.165, 1.54) is 4.40 Å². The summed E-state index contributed by atoms with van der Waals surface area (Å²) in [4.78, 5) is 29.3. The van der Waals surface area contributed by atoms with Crippen molar-refractivity contribution >= 4 is 27.5 Å². The zero-order valence-corrected chi connectivity index (χ0v) is 14.0. The van der Waals surface area contributed by atoms with Crippen molar-refractivity contribution in [1.29, 1.82) is 0 Å². The van der Waals surface area contributed by atoms with Crippen LogP contribution in [0.15, 0.2) is 57.9 Å². The minimum absolute atomic E-state index is 0.0701. The summed E-state index contributed by atoms with van der Waals surface area (Å²) in [7, 11) is 0. The lowest BCUT2D eigenvalue weighted by Crippen LogP contribution is -2.32. The minimum atomic E-state index is -0.422. The third-order valence-corrected chi connectivity index (χ3v) is 4.31. The lowest BCUT2D eigenvalue weighted by Gasteiger charge is -2.09. The molecule has 23 heavy (non-hydrogen) atoms. The van der Waals surface area contributed by atoms with Crippen LogP contribution in [0.1, 0.15) is 21.6 Å². The molecule has 2 heterocycles. The molecule has 0 saturated carbocycles. The van der Waals surface area contributed by atoms with E-state index in [4.69, 9.17) is 0 Å². The van der Waals surface area contributed by atoms with E-state index in [9.17, 15) is 9.59 Å². The van der Waals surface area contributed by atoms with E-state index in [1.807, 2.05) is 24.3 Å². The second-order valence-electron chi connectivity index (χ2n) is 5.08. The van der Waals surface area contributed by atoms with Gasteiger partial charge in [-0.15, -0.1) is 0 Å². The molecule has 0 fully saturated rings. The number of aryl methyl sites for hydroxylation is 1. The van der Waals surface area contributed by atoms with Gasteiger partial charge in [-0.25, -0.2) is 4.98 Å². The van der Waals surface area contributed by atoms with E-state index in [0.717, 1.165) is 10.0 Å². The number of nitrogens with one attached hydrogen (secondary N) is 1. The van der Waals surface area contributed by atoms with Crippen molar-refractivity contribution < 1.29 is 4.79 Å². The maximum absolute atomic E-state index is 12.5. The van der Waals surface area contributed by atoms with Crippen molar-refractivity contribution in [2.75, 3.05) is 0 Å². The normalized spacial score (nSPS) is 10.7. The molecule has 0 spiro atoms. The molecule has 0 aliphatic carbocycles. The van der Waals surface area contributed by atoms with E-state index in [0.29, 0.717) is 17.9 Å². The number of halogens is 1. The van der Waals surface area contributed by atoms with E-state index < -0.39 is 5.91 Å². The second-order valence-corrected chi connectivity index (χ2v) is 5.93. The molecule has 1 N–H and O–H groups in total. The number of hydrogen-bond donors (Lipinski definition) is 1. The third-order valence-electron chi connectivity index (χ3n) is 3.54. The Morgan fingerprint density at radius 3 is 2.74 bits per heavy atom. The first-order valence-corrected chi connectivity index (χ1v) is 7.87. The summed E-state index contributed by atoms with van der Waals surface area (Å²) >= 11 is 3.43. The fourth-order valence-electron chi connectivity index (χ4n) is 2.37. The third kappa shape index (κ3) is 3.03. The van der Waals surface area contributed by atoms with Gasteiger partial charge in [-0.2, -0.15) is 0 Å². The first-order chi connectivity index (χ1) is 11.1. The van der Waals surface area contributed by atoms with Crippen LogP contribution in [-0.4, -0.2) is 15.3 Å². The summed E-state index contributed by atoms with van der Waals surface area (Å²) in [5, 5.41) is 2.78. The summed E-state index contributed by atoms with van der Waals surface area (Å²) in [6.07, 6.45) is 1.61. The standard InChI is InChI=1S/C17H14BrN3O2/c1-11-15(17(23)21-9-5-4-8-14(21)20-11)16(22)19-10-12-6-2-3-7-13(12)18/h2-9H,10H2,1H3,(H,19,22). The van der Waals surface area contributed by atoms with Crippen LogP contribution in [0.5, 0.6) is 0 Å². The van der Waals surface area contributed by atoms with Crippen LogP contribution in [-0.2, 0) is 6.54 Å². The van der Waals surface area contributed by atoms with Crippen molar-refractivity contribution in [3.63, 3.8) is 0 Å². The first-order valence-electron chi connectivity index (χ1n) is 7.07. The Labute approximate surface area is 141 Å². The van der Waals surface area contributed by atoms with Gasteiger partial charge in [0.05, 0.1) is 5.69 Å². The molecule has 0 bridgehead atoms. The zero-order chi connectivity index (χ0) is 16.4. The highest BCUT2D eigenvalue weighted by Crippen LogP contribution is 2.15. The number of benzene rings is 1. The number of rotatable bonds is 3. The van der Waals surface area contributed by atoms with Gasteiger partial charge >= 0.3 is 0 Å². The molecular weight excluding hydrogens is 358 g/mol. The zero-order valence-electron chi connectivity index (χ0n) is 12.4. The fraction of sp³-hybridized carbons (Fsp3) is 0.118. The molecule has 6 heteroatoms. The quantitative estimate of drug-likeness (QED) is 0.769. The lowest BCUT2D eigenvalue weighted by atomic mass is 10.2. The Balaban J connectivity index is 1.92. The Morgan fingerprint density at radius 1 is 1.22 bits per heavy atom. The maximum atomic E-state index is 12.5. The predicted octanol–water partition coefficient (Wildman–Crippen LogP) is 2.70. The van der Waals surface area contributed by atoms with Gasteiger partial charge < -0.3 is 5.32 Å². The number of aromatic nitrogens is 2. The summed E-state index contributed by atoms with van der Waals surface area (Å²) in [5.74, 6) is -0.422. The number of amides is 1. The lowest BCUT2D eigenvalue weighted by molar-refractivity contribution is 0.0948. The number of nitrogens with zero attached hydrogens (tertiary/aromatic N) is 2. The van der Waals surface area contributed by atoms with Crippen LogP contribution in [0.3, 0.4) is 0 Å². The van der Waals surface area contributed by atoms with Gasteiger partial charge in [0.2, 0.25) is 0 Å². The van der Waals surface area contributed by atoms with Gasteiger partial charge in [-0.3, -0.25) is 14.0 Å². The number of carbonyl (C=O) groups is 1. The topological polar surface area (TPSA) is 63.5 Å². The average molecular weight is 372 g/mol. The molecule has 2 aromatic heterocycles. The smallest absolute Gasteiger partial charge is 0.270 e. The van der Waals surface area contributed by atoms with Gasteiger partial charge in [0.25, 0.3) is 11.5 Å².